The number of rotatable bonds is 3. The summed E-state index contributed by atoms with van der Waals surface area (Å²) in [7, 11) is 0. The van der Waals surface area contributed by atoms with Crippen LogP contribution in [-0.2, 0) is 6.42 Å². The first kappa shape index (κ1) is 18.1. The van der Waals surface area contributed by atoms with Crippen molar-refractivity contribution in [1.29, 1.82) is 0 Å². The van der Waals surface area contributed by atoms with Crippen LogP contribution in [0, 0.1) is 12.7 Å². The fourth-order valence-corrected chi connectivity index (χ4v) is 3.94. The second-order valence-electron chi connectivity index (χ2n) is 7.35. The fourth-order valence-electron chi connectivity index (χ4n) is 3.94. The van der Waals surface area contributed by atoms with Crippen LogP contribution in [0.5, 0.6) is 0 Å². The van der Waals surface area contributed by atoms with Gasteiger partial charge in [-0.3, -0.25) is 14.7 Å². The van der Waals surface area contributed by atoms with Gasteiger partial charge in [-0.2, -0.15) is 0 Å². The van der Waals surface area contributed by atoms with Gasteiger partial charge in [0.2, 0.25) is 0 Å². The van der Waals surface area contributed by atoms with E-state index in [-0.39, 0.29) is 10.8 Å². The number of halogens is 1. The van der Waals surface area contributed by atoms with Crippen molar-refractivity contribution in [2.24, 2.45) is 0 Å². The highest BCUT2D eigenvalue weighted by Gasteiger charge is 2.18. The molecule has 5 aromatic rings. The van der Waals surface area contributed by atoms with E-state index in [1.165, 1.54) is 28.9 Å². The minimum atomic E-state index is -0.461. The molecule has 0 atom stereocenters. The molecule has 0 radical (unpaired) electrons. The van der Waals surface area contributed by atoms with Gasteiger partial charge in [0.25, 0.3) is 5.56 Å². The van der Waals surface area contributed by atoms with E-state index < -0.39 is 11.4 Å². The third-order valence-corrected chi connectivity index (χ3v) is 5.49. The molecular weight excluding hydrogens is 381 g/mol. The summed E-state index contributed by atoms with van der Waals surface area (Å²) in [4.78, 5) is 29.4. The van der Waals surface area contributed by atoms with Crippen molar-refractivity contribution >= 4 is 21.8 Å². The summed E-state index contributed by atoms with van der Waals surface area (Å²) in [5.41, 5.74) is 2.34. The zero-order chi connectivity index (χ0) is 20.8. The number of nitrogens with one attached hydrogen (secondary N) is 2. The number of nitrogens with zero attached hydrogens (tertiary/aromatic N) is 1. The molecule has 2 heterocycles. The minimum Gasteiger partial charge on any atom is -0.343 e. The van der Waals surface area contributed by atoms with Crippen molar-refractivity contribution in [2.45, 2.75) is 13.3 Å². The van der Waals surface area contributed by atoms with E-state index in [9.17, 15) is 14.0 Å². The lowest BCUT2D eigenvalue weighted by atomic mass is 9.97. The quantitative estimate of drug-likeness (QED) is 0.477. The van der Waals surface area contributed by atoms with Crippen LogP contribution < -0.4 is 11.0 Å². The van der Waals surface area contributed by atoms with Gasteiger partial charge in [0.15, 0.2) is 5.43 Å². The summed E-state index contributed by atoms with van der Waals surface area (Å²) in [6.07, 6.45) is 0.416. The Balaban J connectivity index is 1.68. The summed E-state index contributed by atoms with van der Waals surface area (Å²) in [6.45, 7) is 1.83. The molecule has 0 amide bonds. The van der Waals surface area contributed by atoms with Crippen molar-refractivity contribution in [2.75, 3.05) is 0 Å². The van der Waals surface area contributed by atoms with Crippen molar-refractivity contribution < 1.29 is 4.39 Å². The topological polar surface area (TPSA) is 70.7 Å². The standard InChI is InChI=1S/C24H18FN3O2/c1-14-20(13-16-7-4-6-15-5-2-3-8-19(15)16)22(29)21-23(26-14)27-28(24(21)30)18-11-9-17(25)10-12-18/h2-12H,13H2,1H3,(H2,26,27,29). The smallest absolute Gasteiger partial charge is 0.284 e. The number of hydrogen-bond donors (Lipinski definition) is 2. The zero-order valence-corrected chi connectivity index (χ0v) is 16.2. The predicted octanol–water partition coefficient (Wildman–Crippen LogP) is 4.20. The SMILES string of the molecule is Cc1[nH]c2[nH]n(-c3ccc(F)cc3)c(=O)c2c(=O)c1Cc1cccc2ccccc12. The third kappa shape index (κ3) is 2.85. The fraction of sp³-hybridized carbons (Fsp3) is 0.0833. The second kappa shape index (κ2) is 6.84. The number of benzene rings is 3. The Morgan fingerprint density at radius 1 is 0.933 bits per heavy atom. The Bertz CT molecular complexity index is 1520. The van der Waals surface area contributed by atoms with Gasteiger partial charge in [-0.25, -0.2) is 9.07 Å². The molecule has 0 aliphatic rings. The molecule has 148 valence electrons. The van der Waals surface area contributed by atoms with Crippen LogP contribution >= 0.6 is 0 Å². The van der Waals surface area contributed by atoms with E-state index in [4.69, 9.17) is 0 Å². The molecule has 0 aliphatic carbocycles. The van der Waals surface area contributed by atoms with Crippen LogP contribution in [0.15, 0.2) is 76.3 Å². The van der Waals surface area contributed by atoms with Crippen molar-refractivity contribution in [1.82, 2.24) is 14.8 Å². The molecule has 0 fully saturated rings. The minimum absolute atomic E-state index is 0.0696. The molecule has 0 spiro atoms. The highest BCUT2D eigenvalue weighted by atomic mass is 19.1. The van der Waals surface area contributed by atoms with Crippen LogP contribution in [0.1, 0.15) is 16.8 Å². The molecule has 6 heteroatoms. The van der Waals surface area contributed by atoms with E-state index in [2.05, 4.69) is 10.1 Å². The first-order valence-corrected chi connectivity index (χ1v) is 9.62. The van der Waals surface area contributed by atoms with Crippen LogP contribution in [0.3, 0.4) is 0 Å². The lowest BCUT2D eigenvalue weighted by Gasteiger charge is -2.09. The van der Waals surface area contributed by atoms with Gasteiger partial charge in [-0.1, -0.05) is 42.5 Å². The lowest BCUT2D eigenvalue weighted by molar-refractivity contribution is 0.627. The molecule has 0 bridgehead atoms. The van der Waals surface area contributed by atoms with E-state index in [0.717, 1.165) is 16.3 Å². The Morgan fingerprint density at radius 3 is 2.47 bits per heavy atom. The van der Waals surface area contributed by atoms with Crippen LogP contribution in [0.25, 0.3) is 27.5 Å². The number of H-pyrrole nitrogens is 2. The highest BCUT2D eigenvalue weighted by Crippen LogP contribution is 2.22. The van der Waals surface area contributed by atoms with Gasteiger partial charge >= 0.3 is 0 Å². The summed E-state index contributed by atoms with van der Waals surface area (Å²) in [5.74, 6) is -0.396. The number of aryl methyl sites for hydroxylation is 1. The summed E-state index contributed by atoms with van der Waals surface area (Å²) < 4.78 is 14.5. The normalized spacial score (nSPS) is 11.4. The number of pyridine rings is 1. The van der Waals surface area contributed by atoms with E-state index in [1.807, 2.05) is 49.4 Å². The third-order valence-electron chi connectivity index (χ3n) is 5.49. The van der Waals surface area contributed by atoms with E-state index in [1.54, 1.807) is 0 Å². The number of aromatic amines is 2. The average molecular weight is 399 g/mol. The van der Waals surface area contributed by atoms with Gasteiger partial charge in [-0.15, -0.1) is 0 Å². The van der Waals surface area contributed by atoms with Crippen molar-refractivity contribution in [3.05, 3.63) is 110 Å². The Kier molecular flexibility index (Phi) is 4.13. The molecule has 0 saturated heterocycles. The molecule has 30 heavy (non-hydrogen) atoms. The molecule has 5 rings (SSSR count). The molecule has 0 unspecified atom stereocenters. The van der Waals surface area contributed by atoms with Crippen LogP contribution in [0.2, 0.25) is 0 Å². The Morgan fingerprint density at radius 2 is 1.67 bits per heavy atom. The maximum atomic E-state index is 13.3. The van der Waals surface area contributed by atoms with Gasteiger partial charge < -0.3 is 4.98 Å². The average Bonchev–Trinajstić information content (AvgIpc) is 3.08. The largest absolute Gasteiger partial charge is 0.343 e. The summed E-state index contributed by atoms with van der Waals surface area (Å²) >= 11 is 0. The molecule has 2 aromatic heterocycles. The monoisotopic (exact) mass is 399 g/mol. The summed E-state index contributed by atoms with van der Waals surface area (Å²) in [6, 6.07) is 19.5. The maximum absolute atomic E-state index is 13.3. The van der Waals surface area contributed by atoms with Gasteiger partial charge in [0, 0.05) is 17.7 Å². The Hall–Kier alpha value is -3.93. The van der Waals surface area contributed by atoms with Crippen molar-refractivity contribution in [3.8, 4) is 5.69 Å². The zero-order valence-electron chi connectivity index (χ0n) is 16.2. The van der Waals surface area contributed by atoms with Crippen molar-refractivity contribution in [3.63, 3.8) is 0 Å². The predicted molar refractivity (Wildman–Crippen MR) is 116 cm³/mol. The maximum Gasteiger partial charge on any atom is 0.284 e. The second-order valence-corrected chi connectivity index (χ2v) is 7.35. The van der Waals surface area contributed by atoms with Gasteiger partial charge in [-0.05, 0) is 47.5 Å². The highest BCUT2D eigenvalue weighted by molar-refractivity contribution is 5.86. The van der Waals surface area contributed by atoms with E-state index in [0.29, 0.717) is 29.0 Å². The number of fused-ring (bicyclic) bond motifs is 2. The molecule has 0 saturated carbocycles. The molecular formula is C24H18FN3O2. The van der Waals surface area contributed by atoms with Gasteiger partial charge in [0.05, 0.1) is 5.69 Å². The molecule has 5 nitrogen and oxygen atoms in total. The molecule has 0 aliphatic heterocycles. The lowest BCUT2D eigenvalue weighted by Crippen LogP contribution is -2.21. The first-order valence-electron chi connectivity index (χ1n) is 9.62. The van der Waals surface area contributed by atoms with E-state index >= 15 is 0 Å². The molecule has 3 aromatic carbocycles. The van der Waals surface area contributed by atoms with Crippen LogP contribution in [0.4, 0.5) is 4.39 Å². The van der Waals surface area contributed by atoms with Crippen LogP contribution in [-0.4, -0.2) is 14.8 Å². The Labute approximate surface area is 170 Å². The number of hydrogen-bond acceptors (Lipinski definition) is 2. The van der Waals surface area contributed by atoms with Gasteiger partial charge in [0.1, 0.15) is 16.9 Å². The first-order chi connectivity index (χ1) is 14.5. The number of aromatic nitrogens is 3. The summed E-state index contributed by atoms with van der Waals surface area (Å²) in [5, 5.41) is 5.18. The molecule has 2 N–H and O–H groups in total.